The zero-order valence-corrected chi connectivity index (χ0v) is 22.6. The number of rotatable bonds is 8. The molecule has 0 saturated heterocycles. The molecule has 0 aliphatic rings. The molecule has 1 unspecified atom stereocenters. The summed E-state index contributed by atoms with van der Waals surface area (Å²) in [6.07, 6.45) is 1.04. The number of sulfone groups is 1. The fraction of sp³-hybridized carbons (Fsp3) is 0.182. The van der Waals surface area contributed by atoms with Gasteiger partial charge < -0.3 is 4.74 Å². The minimum Gasteiger partial charge on any atom is -0.489 e. The van der Waals surface area contributed by atoms with Gasteiger partial charge in [-0.1, -0.05) is 51.8 Å². The molecule has 3 rings (SSSR count). The lowest BCUT2D eigenvalue weighted by Crippen LogP contribution is -2.30. The molecular weight excluding hydrogens is 584 g/mol. The third-order valence-corrected chi connectivity index (χ3v) is 8.80. The maximum Gasteiger partial charge on any atom is 0.316 e. The highest BCUT2D eigenvalue weighted by molar-refractivity contribution is 9.10. The van der Waals surface area contributed by atoms with Crippen LogP contribution in [0.25, 0.3) is 0 Å². The number of ether oxygens (including phenoxy) is 1. The molecule has 0 radical (unpaired) electrons. The van der Waals surface area contributed by atoms with Gasteiger partial charge in [-0.3, -0.25) is 10.1 Å². The number of benzene rings is 3. The van der Waals surface area contributed by atoms with E-state index >= 15 is 0 Å². The lowest BCUT2D eigenvalue weighted by atomic mass is 10.00. The number of hydrogen-bond donors (Lipinski definition) is 1. The van der Waals surface area contributed by atoms with E-state index in [2.05, 4.69) is 20.7 Å². The van der Waals surface area contributed by atoms with Crippen LogP contribution in [0.2, 0.25) is 5.02 Å². The van der Waals surface area contributed by atoms with Gasteiger partial charge in [0.25, 0.3) is 0 Å². The Labute approximate surface area is 216 Å². The van der Waals surface area contributed by atoms with Gasteiger partial charge in [-0.25, -0.2) is 16.8 Å². The normalized spacial score (nSPS) is 12.8. The first kappa shape index (κ1) is 27.1. The first-order valence-corrected chi connectivity index (χ1v) is 14.4. The molecule has 0 saturated carbocycles. The van der Waals surface area contributed by atoms with Gasteiger partial charge in [-0.15, -0.1) is 0 Å². The second kappa shape index (κ2) is 10.2. The number of nitro groups is 1. The molecule has 0 fully saturated rings. The Bertz CT molecular complexity index is 1510. The molecule has 0 aliphatic carbocycles. The summed E-state index contributed by atoms with van der Waals surface area (Å²) in [6.45, 7) is 1.46. The van der Waals surface area contributed by atoms with E-state index in [1.807, 2.05) is 0 Å². The second-order valence-corrected chi connectivity index (χ2v) is 12.6. The molecule has 3 aromatic rings. The molecule has 13 heteroatoms. The summed E-state index contributed by atoms with van der Waals surface area (Å²) in [6, 6.07) is 12.3. The molecule has 9 nitrogen and oxygen atoms in total. The van der Waals surface area contributed by atoms with Crippen LogP contribution < -0.4 is 9.46 Å². The maximum absolute atomic E-state index is 13.6. The molecular formula is C22H20BrClN2O7S2. The topological polar surface area (TPSA) is 133 Å². The summed E-state index contributed by atoms with van der Waals surface area (Å²) in [5.41, 5.74) is 0.493. The fourth-order valence-electron chi connectivity index (χ4n) is 3.43. The number of methoxy groups -OCH3 is 1. The van der Waals surface area contributed by atoms with Crippen molar-refractivity contribution in [2.24, 2.45) is 0 Å². The molecule has 186 valence electrons. The Morgan fingerprint density at radius 2 is 1.69 bits per heavy atom. The second-order valence-electron chi connectivity index (χ2n) is 7.57. The molecule has 0 aromatic heterocycles. The quantitative estimate of drug-likeness (QED) is 0.289. The van der Waals surface area contributed by atoms with Crippen molar-refractivity contribution in [1.29, 1.82) is 0 Å². The van der Waals surface area contributed by atoms with Crippen molar-refractivity contribution in [3.05, 3.63) is 90.9 Å². The average Bonchev–Trinajstić information content (AvgIpc) is 2.78. The zero-order chi connectivity index (χ0) is 26.1. The third-order valence-electron chi connectivity index (χ3n) is 5.18. The standard InChI is InChI=1S/C22H20BrClN2O7S2/c1-13-18(23)12-19(22(33-2)21(13)26(27)28)35(31,32)25-20(14-7-9-16(24)10-8-14)15-5-4-6-17(11-15)34(3,29)30/h4-12,20,25H,1-3H3. The first-order valence-electron chi connectivity index (χ1n) is 9.85. The lowest BCUT2D eigenvalue weighted by Gasteiger charge is -2.22. The van der Waals surface area contributed by atoms with Gasteiger partial charge in [0.05, 0.1) is 23.0 Å². The van der Waals surface area contributed by atoms with Crippen molar-refractivity contribution in [2.75, 3.05) is 13.4 Å². The van der Waals surface area contributed by atoms with E-state index in [1.54, 1.807) is 30.3 Å². The van der Waals surface area contributed by atoms with E-state index in [0.29, 0.717) is 16.1 Å². The fourth-order valence-corrected chi connectivity index (χ4v) is 6.21. The van der Waals surface area contributed by atoms with Crippen LogP contribution in [0, 0.1) is 17.0 Å². The summed E-state index contributed by atoms with van der Waals surface area (Å²) in [4.78, 5) is 10.5. The number of nitrogens with one attached hydrogen (secondary N) is 1. The van der Waals surface area contributed by atoms with Gasteiger partial charge >= 0.3 is 5.69 Å². The molecule has 3 aromatic carbocycles. The molecule has 35 heavy (non-hydrogen) atoms. The van der Waals surface area contributed by atoms with E-state index in [-0.39, 0.29) is 14.9 Å². The van der Waals surface area contributed by atoms with Crippen molar-refractivity contribution in [2.45, 2.75) is 22.8 Å². The van der Waals surface area contributed by atoms with Gasteiger partial charge in [0.2, 0.25) is 15.8 Å². The SMILES string of the molecule is COc1c(S(=O)(=O)NC(c2ccc(Cl)cc2)c2cccc(S(C)(=O)=O)c2)cc(Br)c(C)c1[N+](=O)[O-]. The van der Waals surface area contributed by atoms with E-state index in [0.717, 1.165) is 13.4 Å². The van der Waals surface area contributed by atoms with Crippen LogP contribution in [-0.4, -0.2) is 35.1 Å². The molecule has 0 spiro atoms. The lowest BCUT2D eigenvalue weighted by molar-refractivity contribution is -0.386. The summed E-state index contributed by atoms with van der Waals surface area (Å²) < 4.78 is 59.3. The molecule has 1 atom stereocenters. The Balaban J connectivity index is 2.23. The third kappa shape index (κ3) is 5.84. The Hall–Kier alpha value is -2.51. The van der Waals surface area contributed by atoms with Crippen LogP contribution in [-0.2, 0) is 19.9 Å². The van der Waals surface area contributed by atoms with Crippen LogP contribution in [0.5, 0.6) is 5.75 Å². The van der Waals surface area contributed by atoms with Gasteiger partial charge in [0.1, 0.15) is 4.90 Å². The highest BCUT2D eigenvalue weighted by atomic mass is 79.9. The number of hydrogen-bond acceptors (Lipinski definition) is 7. The van der Waals surface area contributed by atoms with Crippen molar-refractivity contribution >= 4 is 53.1 Å². The van der Waals surface area contributed by atoms with Crippen molar-refractivity contribution in [3.8, 4) is 5.75 Å². The molecule has 0 aliphatic heterocycles. The highest BCUT2D eigenvalue weighted by Gasteiger charge is 2.33. The number of halogens is 2. The van der Waals surface area contributed by atoms with Crippen LogP contribution >= 0.6 is 27.5 Å². The van der Waals surface area contributed by atoms with Crippen molar-refractivity contribution in [3.63, 3.8) is 0 Å². The highest BCUT2D eigenvalue weighted by Crippen LogP contribution is 2.41. The van der Waals surface area contributed by atoms with E-state index in [4.69, 9.17) is 16.3 Å². The number of sulfonamides is 1. The minimum absolute atomic E-state index is 0.000500. The van der Waals surface area contributed by atoms with E-state index in [1.165, 1.54) is 31.2 Å². The molecule has 0 bridgehead atoms. The van der Waals surface area contributed by atoms with Crippen LogP contribution in [0.1, 0.15) is 22.7 Å². The monoisotopic (exact) mass is 602 g/mol. The largest absolute Gasteiger partial charge is 0.489 e. The van der Waals surface area contributed by atoms with Crippen molar-refractivity contribution in [1.82, 2.24) is 4.72 Å². The minimum atomic E-state index is -4.44. The smallest absolute Gasteiger partial charge is 0.316 e. The van der Waals surface area contributed by atoms with Gasteiger partial charge in [-0.05, 0) is 48.4 Å². The van der Waals surface area contributed by atoms with Crippen LogP contribution in [0.3, 0.4) is 0 Å². The van der Waals surface area contributed by atoms with E-state index < -0.39 is 47.2 Å². The average molecular weight is 604 g/mol. The first-order chi connectivity index (χ1) is 16.3. The summed E-state index contributed by atoms with van der Waals surface area (Å²) >= 11 is 9.17. The van der Waals surface area contributed by atoms with Crippen LogP contribution in [0.4, 0.5) is 5.69 Å². The maximum atomic E-state index is 13.6. The Morgan fingerprint density at radius 1 is 1.06 bits per heavy atom. The summed E-state index contributed by atoms with van der Waals surface area (Å²) in [7, 11) is -6.88. The molecule has 0 amide bonds. The predicted molar refractivity (Wildman–Crippen MR) is 135 cm³/mol. The summed E-state index contributed by atoms with van der Waals surface area (Å²) in [5.74, 6) is -0.428. The predicted octanol–water partition coefficient (Wildman–Crippen LogP) is 4.80. The number of nitro benzene ring substituents is 1. The van der Waals surface area contributed by atoms with Crippen molar-refractivity contribution < 1.29 is 26.5 Å². The Kier molecular flexibility index (Phi) is 7.92. The molecule has 1 N–H and O–H groups in total. The Morgan fingerprint density at radius 3 is 2.23 bits per heavy atom. The summed E-state index contributed by atoms with van der Waals surface area (Å²) in [5, 5.41) is 12.1. The molecule has 0 heterocycles. The van der Waals surface area contributed by atoms with Gasteiger partial charge in [-0.2, -0.15) is 4.72 Å². The van der Waals surface area contributed by atoms with Gasteiger partial charge in [0.15, 0.2) is 9.84 Å². The number of nitrogens with zero attached hydrogens (tertiary/aromatic N) is 1. The zero-order valence-electron chi connectivity index (χ0n) is 18.7. The van der Waals surface area contributed by atoms with Gasteiger partial charge in [0, 0.05) is 21.3 Å². The van der Waals surface area contributed by atoms with Crippen LogP contribution in [0.15, 0.2) is 68.9 Å². The van der Waals surface area contributed by atoms with E-state index in [9.17, 15) is 26.9 Å².